The van der Waals surface area contributed by atoms with Crippen molar-refractivity contribution in [1.82, 2.24) is 4.98 Å². The van der Waals surface area contributed by atoms with Crippen LogP contribution in [0.1, 0.15) is 93.9 Å². The Hall–Kier alpha value is -1.63. The number of fused-ring (bicyclic) bond motifs is 1. The lowest BCUT2D eigenvalue weighted by Crippen LogP contribution is -2.03. The molecule has 1 nitrogen and oxygen atoms in total. The number of para-hydroxylation sites is 1. The van der Waals surface area contributed by atoms with Crippen molar-refractivity contribution in [3.8, 4) is 0 Å². The van der Waals surface area contributed by atoms with E-state index in [0.717, 1.165) is 18.3 Å². The van der Waals surface area contributed by atoms with Gasteiger partial charge < -0.3 is 0 Å². The molecule has 2 aromatic rings. The number of rotatable bonds is 9. The highest BCUT2D eigenvalue weighted by atomic mass is 14.7. The summed E-state index contributed by atoms with van der Waals surface area (Å²) in [6.45, 7) is 2.22. The molecule has 0 saturated heterocycles. The van der Waals surface area contributed by atoms with Crippen LogP contribution in [0.15, 0.2) is 36.4 Å². The Balaban J connectivity index is 1.44. The second kappa shape index (κ2) is 10.4. The molecule has 0 atom stereocenters. The highest BCUT2D eigenvalue weighted by Crippen LogP contribution is 2.31. The molecule has 1 heterocycles. The minimum absolute atomic E-state index is 0.989. The first-order valence-electron chi connectivity index (χ1n) is 12.3. The number of allylic oxidation sites excluding steroid dienone is 2. The predicted octanol–water partition coefficient (Wildman–Crippen LogP) is 8.13. The van der Waals surface area contributed by atoms with E-state index in [1.165, 1.54) is 106 Å². The lowest BCUT2D eigenvalue weighted by atomic mass is 9.92. The molecule has 1 aromatic carbocycles. The topological polar surface area (TPSA) is 12.9 Å². The van der Waals surface area contributed by atoms with Crippen molar-refractivity contribution in [2.75, 3.05) is 0 Å². The molecule has 0 N–H and O–H groups in total. The van der Waals surface area contributed by atoms with Gasteiger partial charge in [-0.3, -0.25) is 4.98 Å². The number of nitrogens with zero attached hydrogens (tertiary/aromatic N) is 1. The molecule has 4 rings (SSSR count). The summed E-state index contributed by atoms with van der Waals surface area (Å²) >= 11 is 0. The molecule has 2 saturated carbocycles. The van der Waals surface area contributed by atoms with Gasteiger partial charge in [0.15, 0.2) is 0 Å². The summed E-state index contributed by atoms with van der Waals surface area (Å²) in [6, 6.07) is 8.78. The largest absolute Gasteiger partial charge is 0.253 e. The number of hydrogen-bond donors (Lipinski definition) is 0. The maximum Gasteiger partial charge on any atom is 0.0708 e. The Morgan fingerprint density at radius 3 is 2.31 bits per heavy atom. The highest BCUT2D eigenvalue weighted by molar-refractivity contribution is 5.83. The second-order valence-electron chi connectivity index (χ2n) is 9.62. The molecule has 0 unspecified atom stereocenters. The van der Waals surface area contributed by atoms with Crippen molar-refractivity contribution in [3.05, 3.63) is 53.2 Å². The minimum atomic E-state index is 0.989. The third kappa shape index (κ3) is 5.50. The van der Waals surface area contributed by atoms with Crippen LogP contribution < -0.4 is 0 Å². The second-order valence-corrected chi connectivity index (χ2v) is 9.62. The van der Waals surface area contributed by atoms with Crippen LogP contribution in [0.2, 0.25) is 0 Å². The molecule has 0 radical (unpaired) electrons. The highest BCUT2D eigenvalue weighted by Gasteiger charge is 2.16. The summed E-state index contributed by atoms with van der Waals surface area (Å²) < 4.78 is 0. The molecule has 29 heavy (non-hydrogen) atoms. The van der Waals surface area contributed by atoms with E-state index in [1.54, 1.807) is 5.56 Å². The number of aromatic nitrogens is 1. The van der Waals surface area contributed by atoms with Crippen LogP contribution in [0.25, 0.3) is 10.9 Å². The van der Waals surface area contributed by atoms with Crippen molar-refractivity contribution in [2.24, 2.45) is 11.8 Å². The van der Waals surface area contributed by atoms with E-state index >= 15 is 0 Å². The summed E-state index contributed by atoms with van der Waals surface area (Å²) in [6.07, 6.45) is 24.2. The van der Waals surface area contributed by atoms with E-state index in [1.807, 2.05) is 0 Å². The molecule has 2 aliphatic rings. The van der Waals surface area contributed by atoms with Gasteiger partial charge in [-0.1, -0.05) is 88.1 Å². The standard InChI is InChI=1S/C28H39N/c1-22-25(18-4-2-3-12-23-13-5-6-14-23)26(20-11-17-24-15-7-8-16-24)27-19-9-10-21-28(27)29-22/h2,4,9-10,19,21,23-24H,3,5-8,11-18,20H2,1H3/b4-2+. The van der Waals surface area contributed by atoms with Crippen LogP contribution in [0.5, 0.6) is 0 Å². The van der Waals surface area contributed by atoms with Gasteiger partial charge in [0.25, 0.3) is 0 Å². The Morgan fingerprint density at radius 1 is 0.862 bits per heavy atom. The fraction of sp³-hybridized carbons (Fsp3) is 0.607. The van der Waals surface area contributed by atoms with Crippen LogP contribution in [0.4, 0.5) is 0 Å². The molecule has 0 amide bonds. The van der Waals surface area contributed by atoms with Crippen molar-refractivity contribution < 1.29 is 0 Å². The molecule has 2 fully saturated rings. The molecule has 0 aliphatic heterocycles. The van der Waals surface area contributed by atoms with Gasteiger partial charge in [-0.15, -0.1) is 0 Å². The molecular formula is C28H39N. The van der Waals surface area contributed by atoms with Crippen LogP contribution in [0, 0.1) is 18.8 Å². The Morgan fingerprint density at radius 2 is 1.55 bits per heavy atom. The molecule has 0 spiro atoms. The molecule has 1 heteroatoms. The van der Waals surface area contributed by atoms with Gasteiger partial charge >= 0.3 is 0 Å². The van der Waals surface area contributed by atoms with E-state index < -0.39 is 0 Å². The van der Waals surface area contributed by atoms with Crippen molar-refractivity contribution in [3.63, 3.8) is 0 Å². The zero-order valence-corrected chi connectivity index (χ0v) is 18.5. The fourth-order valence-electron chi connectivity index (χ4n) is 5.83. The number of benzene rings is 1. The van der Waals surface area contributed by atoms with Gasteiger partial charge in [0, 0.05) is 11.1 Å². The molecule has 156 valence electrons. The van der Waals surface area contributed by atoms with Gasteiger partial charge in [0.05, 0.1) is 5.52 Å². The van der Waals surface area contributed by atoms with Crippen molar-refractivity contribution in [1.29, 1.82) is 0 Å². The van der Waals surface area contributed by atoms with Crippen LogP contribution in [-0.4, -0.2) is 4.98 Å². The fourth-order valence-corrected chi connectivity index (χ4v) is 5.83. The first-order chi connectivity index (χ1) is 14.3. The third-order valence-corrected chi connectivity index (χ3v) is 7.54. The van der Waals surface area contributed by atoms with Gasteiger partial charge in [-0.25, -0.2) is 0 Å². The van der Waals surface area contributed by atoms with Crippen molar-refractivity contribution in [2.45, 2.75) is 96.8 Å². The van der Waals surface area contributed by atoms with Gasteiger partial charge in [-0.05, 0) is 68.1 Å². The average molecular weight is 390 g/mol. The number of hydrogen-bond acceptors (Lipinski definition) is 1. The minimum Gasteiger partial charge on any atom is -0.253 e. The predicted molar refractivity (Wildman–Crippen MR) is 125 cm³/mol. The van der Waals surface area contributed by atoms with E-state index in [4.69, 9.17) is 4.98 Å². The lowest BCUT2D eigenvalue weighted by Gasteiger charge is -2.16. The molecular weight excluding hydrogens is 350 g/mol. The van der Waals surface area contributed by atoms with Crippen molar-refractivity contribution >= 4 is 10.9 Å². The zero-order chi connectivity index (χ0) is 19.9. The molecule has 2 aliphatic carbocycles. The number of pyridine rings is 1. The first-order valence-corrected chi connectivity index (χ1v) is 12.3. The maximum atomic E-state index is 4.95. The molecule has 1 aromatic heterocycles. The monoisotopic (exact) mass is 389 g/mol. The van der Waals surface area contributed by atoms with Crippen LogP contribution >= 0.6 is 0 Å². The van der Waals surface area contributed by atoms with E-state index in [2.05, 4.69) is 43.3 Å². The summed E-state index contributed by atoms with van der Waals surface area (Å²) in [5.74, 6) is 1.98. The van der Waals surface area contributed by atoms with E-state index in [9.17, 15) is 0 Å². The Kier molecular flexibility index (Phi) is 7.41. The lowest BCUT2D eigenvalue weighted by molar-refractivity contribution is 0.484. The SMILES string of the molecule is Cc1nc2ccccc2c(CCCC2CCCC2)c1C/C=C/CCC1CCCC1. The van der Waals surface area contributed by atoms with Crippen LogP contribution in [-0.2, 0) is 12.8 Å². The van der Waals surface area contributed by atoms with E-state index in [0.29, 0.717) is 0 Å². The van der Waals surface area contributed by atoms with Gasteiger partial charge in [0.2, 0.25) is 0 Å². The van der Waals surface area contributed by atoms with Crippen LogP contribution in [0.3, 0.4) is 0 Å². The Labute approximate surface area is 178 Å². The third-order valence-electron chi connectivity index (χ3n) is 7.54. The summed E-state index contributed by atoms with van der Waals surface area (Å²) in [5, 5.41) is 1.39. The van der Waals surface area contributed by atoms with E-state index in [-0.39, 0.29) is 0 Å². The normalized spacial score (nSPS) is 18.5. The summed E-state index contributed by atoms with van der Waals surface area (Å²) in [5.41, 5.74) is 5.48. The molecule has 0 bridgehead atoms. The van der Waals surface area contributed by atoms with Gasteiger partial charge in [-0.2, -0.15) is 0 Å². The number of aryl methyl sites for hydroxylation is 2. The van der Waals surface area contributed by atoms with Gasteiger partial charge in [0.1, 0.15) is 0 Å². The quantitative estimate of drug-likeness (QED) is 0.394. The smallest absolute Gasteiger partial charge is 0.0708 e. The Bertz CT molecular complexity index is 806. The summed E-state index contributed by atoms with van der Waals surface area (Å²) in [4.78, 5) is 4.95. The summed E-state index contributed by atoms with van der Waals surface area (Å²) in [7, 11) is 0. The maximum absolute atomic E-state index is 4.95. The zero-order valence-electron chi connectivity index (χ0n) is 18.5. The average Bonchev–Trinajstić information content (AvgIpc) is 3.43. The first kappa shape index (κ1) is 20.6.